The van der Waals surface area contributed by atoms with Gasteiger partial charge in [0.05, 0.1) is 15.1 Å². The monoisotopic (exact) mass is 827 g/mol. The van der Waals surface area contributed by atoms with Crippen molar-refractivity contribution in [1.82, 2.24) is 0 Å². The van der Waals surface area contributed by atoms with Gasteiger partial charge in [-0.1, -0.05) is 158 Å². The van der Waals surface area contributed by atoms with Crippen molar-refractivity contribution in [3.8, 4) is 39.1 Å². The molecule has 0 bridgehead atoms. The minimum atomic E-state index is 0.0161. The Morgan fingerprint density at radius 3 is 1.89 bits per heavy atom. The molecule has 4 heteroatoms. The van der Waals surface area contributed by atoms with E-state index in [0.29, 0.717) is 0 Å². The van der Waals surface area contributed by atoms with Gasteiger partial charge in [0, 0.05) is 53.8 Å². The average Bonchev–Trinajstić information content (AvgIpc) is 4.04. The van der Waals surface area contributed by atoms with Gasteiger partial charge in [-0.05, 0) is 98.8 Å². The van der Waals surface area contributed by atoms with E-state index in [4.69, 9.17) is 4.74 Å². The van der Waals surface area contributed by atoms with Gasteiger partial charge < -0.3 is 9.64 Å². The van der Waals surface area contributed by atoms with Gasteiger partial charge in [-0.15, -0.1) is 22.7 Å². The molecule has 0 fully saturated rings. The van der Waals surface area contributed by atoms with Crippen molar-refractivity contribution < 1.29 is 4.74 Å². The second-order valence-electron chi connectivity index (χ2n) is 16.3. The lowest BCUT2D eigenvalue weighted by molar-refractivity contribution is 0.272. The normalized spacial score (nSPS) is 15.4. The molecular weight excluding hydrogens is 791 g/mol. The van der Waals surface area contributed by atoms with Crippen LogP contribution in [-0.2, 0) is 0 Å². The summed E-state index contributed by atoms with van der Waals surface area (Å²) in [6.07, 6.45) is 8.80. The third-order valence-electron chi connectivity index (χ3n) is 12.8. The Bertz CT molecular complexity index is 3620. The zero-order valence-corrected chi connectivity index (χ0v) is 35.2. The second kappa shape index (κ2) is 14.2. The minimum Gasteiger partial charge on any atom is -0.484 e. The molecule has 2 nitrogen and oxygen atoms in total. The molecule has 2 atom stereocenters. The first kappa shape index (κ1) is 35.5. The molecule has 0 radical (unpaired) electrons. The minimum absolute atomic E-state index is 0.0161. The molecule has 0 spiro atoms. The van der Waals surface area contributed by atoms with Crippen LogP contribution in [0.1, 0.15) is 11.5 Å². The van der Waals surface area contributed by atoms with Crippen molar-refractivity contribution in [2.45, 2.75) is 12.0 Å². The average molecular weight is 828 g/mol. The molecular formula is C58H37NOS2. The number of benzene rings is 9. The topological polar surface area (TPSA) is 12.5 Å². The van der Waals surface area contributed by atoms with Crippen LogP contribution in [0.15, 0.2) is 212 Å². The van der Waals surface area contributed by atoms with Gasteiger partial charge >= 0.3 is 0 Å². The van der Waals surface area contributed by atoms with Crippen LogP contribution >= 0.6 is 22.7 Å². The van der Waals surface area contributed by atoms with E-state index >= 15 is 0 Å². The van der Waals surface area contributed by atoms with Crippen LogP contribution in [0, 0.1) is 0 Å². The Morgan fingerprint density at radius 2 is 1.05 bits per heavy atom. The largest absolute Gasteiger partial charge is 0.484 e. The lowest BCUT2D eigenvalue weighted by atomic mass is 9.85. The number of nitrogens with zero attached hydrogens (tertiary/aromatic N) is 1. The predicted molar refractivity (Wildman–Crippen MR) is 266 cm³/mol. The van der Waals surface area contributed by atoms with E-state index in [1.54, 1.807) is 0 Å². The Kier molecular flexibility index (Phi) is 8.12. The molecule has 0 N–H and O–H groups in total. The molecule has 0 amide bonds. The third-order valence-corrected chi connectivity index (χ3v) is 15.2. The number of anilines is 3. The highest BCUT2D eigenvalue weighted by molar-refractivity contribution is 7.26. The number of hydrogen-bond donors (Lipinski definition) is 0. The first-order valence-electron chi connectivity index (χ1n) is 21.2. The van der Waals surface area contributed by atoms with Crippen LogP contribution in [0.2, 0.25) is 0 Å². The van der Waals surface area contributed by atoms with Gasteiger partial charge in [-0.2, -0.15) is 0 Å². The number of hydrogen-bond acceptors (Lipinski definition) is 4. The van der Waals surface area contributed by atoms with E-state index in [-0.39, 0.29) is 12.0 Å². The number of allylic oxidation sites excluding steroid dienone is 2. The lowest BCUT2D eigenvalue weighted by Crippen LogP contribution is -2.15. The molecule has 2 aromatic heterocycles. The fraction of sp³-hybridized carbons (Fsp3) is 0.0345. The standard InChI is InChI=1S/C58H37NOS2/c1-2-16-43-37(12-1)13-10-20-44(43)38-30-32-41(33-31-38)59(51-22-11-21-47-45-17-4-7-24-53(45)61-57(47)51)42-15-9-14-40(34-42)36-26-28-39(29-27-36)49-35-50-46-18-5-8-25-54(46)62-58(50)56-55(49)48-19-3-6-23-52(48)60-56/h1-35,48,52H. The highest BCUT2D eigenvalue weighted by atomic mass is 32.1. The summed E-state index contributed by atoms with van der Waals surface area (Å²) in [7, 11) is 0. The molecule has 1 aliphatic carbocycles. The highest BCUT2D eigenvalue weighted by Gasteiger charge is 2.37. The molecule has 292 valence electrons. The maximum absolute atomic E-state index is 6.78. The lowest BCUT2D eigenvalue weighted by Gasteiger charge is -2.27. The Morgan fingerprint density at radius 1 is 0.419 bits per heavy atom. The van der Waals surface area contributed by atoms with Gasteiger partial charge in [0.25, 0.3) is 0 Å². The number of thiophene rings is 2. The van der Waals surface area contributed by atoms with Gasteiger partial charge in [0.1, 0.15) is 11.9 Å². The second-order valence-corrected chi connectivity index (χ2v) is 18.4. The maximum Gasteiger partial charge on any atom is 0.142 e. The summed E-state index contributed by atoms with van der Waals surface area (Å²) in [5.41, 5.74) is 11.9. The van der Waals surface area contributed by atoms with E-state index in [1.807, 2.05) is 22.7 Å². The van der Waals surface area contributed by atoms with Crippen molar-refractivity contribution >= 4 is 90.9 Å². The summed E-state index contributed by atoms with van der Waals surface area (Å²) in [6.45, 7) is 0. The molecule has 1 aliphatic heterocycles. The van der Waals surface area contributed by atoms with Crippen LogP contribution in [0.5, 0.6) is 5.75 Å². The molecule has 2 unspecified atom stereocenters. The van der Waals surface area contributed by atoms with E-state index in [1.165, 1.54) is 95.7 Å². The number of rotatable bonds is 6. The fourth-order valence-electron chi connectivity index (χ4n) is 9.90. The quantitative estimate of drug-likeness (QED) is 0.166. The van der Waals surface area contributed by atoms with E-state index < -0.39 is 0 Å². The molecule has 0 saturated carbocycles. The molecule has 13 rings (SSSR count). The zero-order valence-electron chi connectivity index (χ0n) is 33.5. The van der Waals surface area contributed by atoms with Crippen molar-refractivity contribution in [3.63, 3.8) is 0 Å². The first-order chi connectivity index (χ1) is 30.7. The predicted octanol–water partition coefficient (Wildman–Crippen LogP) is 17.0. The van der Waals surface area contributed by atoms with Crippen molar-refractivity contribution in [3.05, 3.63) is 218 Å². The van der Waals surface area contributed by atoms with Crippen molar-refractivity contribution in [1.29, 1.82) is 0 Å². The number of fused-ring (bicyclic) bond motifs is 11. The van der Waals surface area contributed by atoms with Crippen LogP contribution in [0.25, 0.3) is 84.5 Å². The molecule has 9 aromatic carbocycles. The summed E-state index contributed by atoms with van der Waals surface area (Å²) in [5.74, 6) is 1.23. The smallest absolute Gasteiger partial charge is 0.142 e. The molecule has 2 aliphatic rings. The maximum atomic E-state index is 6.78. The molecule has 11 aromatic rings. The molecule has 62 heavy (non-hydrogen) atoms. The van der Waals surface area contributed by atoms with E-state index in [2.05, 4.69) is 217 Å². The van der Waals surface area contributed by atoms with E-state index in [9.17, 15) is 0 Å². The van der Waals surface area contributed by atoms with Crippen molar-refractivity contribution in [2.24, 2.45) is 0 Å². The summed E-state index contributed by atoms with van der Waals surface area (Å²) in [5, 5.41) is 7.64. The van der Waals surface area contributed by atoms with Gasteiger partial charge in [0.2, 0.25) is 0 Å². The summed E-state index contributed by atoms with van der Waals surface area (Å²) >= 11 is 3.71. The highest BCUT2D eigenvalue weighted by Crippen LogP contribution is 2.54. The van der Waals surface area contributed by atoms with Gasteiger partial charge in [-0.25, -0.2) is 0 Å². The number of ether oxygens (including phenoxy) is 1. The van der Waals surface area contributed by atoms with Gasteiger partial charge in [0.15, 0.2) is 0 Å². The van der Waals surface area contributed by atoms with Gasteiger partial charge in [-0.3, -0.25) is 0 Å². The molecule has 0 saturated heterocycles. The third kappa shape index (κ3) is 5.61. The van der Waals surface area contributed by atoms with Crippen LogP contribution in [0.3, 0.4) is 0 Å². The zero-order chi connectivity index (χ0) is 40.7. The summed E-state index contributed by atoms with van der Waals surface area (Å²) in [4.78, 5) is 2.44. The Balaban J connectivity index is 0.924. The van der Waals surface area contributed by atoms with E-state index in [0.717, 1.165) is 17.1 Å². The summed E-state index contributed by atoms with van der Waals surface area (Å²) in [6, 6.07) is 69.2. The first-order valence-corrected chi connectivity index (χ1v) is 22.9. The van der Waals surface area contributed by atoms with Crippen LogP contribution in [-0.4, -0.2) is 6.10 Å². The fourth-order valence-corrected chi connectivity index (χ4v) is 12.3. The summed E-state index contributed by atoms with van der Waals surface area (Å²) < 4.78 is 11.9. The van der Waals surface area contributed by atoms with Crippen molar-refractivity contribution in [2.75, 3.05) is 4.90 Å². The molecule has 3 heterocycles. The van der Waals surface area contributed by atoms with Crippen LogP contribution < -0.4 is 9.64 Å². The van der Waals surface area contributed by atoms with Crippen LogP contribution in [0.4, 0.5) is 17.1 Å². The Labute approximate surface area is 367 Å². The SMILES string of the molecule is C1=CC2Oc3c(c(-c4ccc(-c5cccc(N(c6ccc(-c7cccc8ccccc78)cc6)c6cccc7c6sc6ccccc67)c5)cc4)cc4c3sc3ccccc34)C2C=C1. The Hall–Kier alpha value is -7.24.